The van der Waals surface area contributed by atoms with Gasteiger partial charge in [0.1, 0.15) is 5.75 Å². The van der Waals surface area contributed by atoms with Crippen molar-refractivity contribution in [1.82, 2.24) is 5.32 Å². The standard InChI is InChI=1S/C19H14F6N2O3/c1-26-16(28)15-9-27(13-4-2-3-5-14(13)30-15)17(29)10-6-11(18(20,21)22)8-12(7-10)19(23,24)25/h2-8,15H,9H2,1H3,(H,26,28)/t15-/m1/s1. The van der Waals surface area contributed by atoms with Gasteiger partial charge in [0.15, 0.2) is 6.10 Å². The molecule has 2 amide bonds. The van der Waals surface area contributed by atoms with Crippen molar-refractivity contribution in [3.63, 3.8) is 0 Å². The molecule has 0 spiro atoms. The Morgan fingerprint density at radius 1 is 1.00 bits per heavy atom. The van der Waals surface area contributed by atoms with E-state index in [1.165, 1.54) is 25.2 Å². The number of benzene rings is 2. The molecule has 1 heterocycles. The van der Waals surface area contributed by atoms with Gasteiger partial charge in [-0.2, -0.15) is 26.3 Å². The van der Waals surface area contributed by atoms with Crippen molar-refractivity contribution in [1.29, 1.82) is 0 Å². The van der Waals surface area contributed by atoms with Crippen molar-refractivity contribution in [2.75, 3.05) is 18.5 Å². The summed E-state index contributed by atoms with van der Waals surface area (Å²) in [6.07, 6.45) is -11.4. The van der Waals surface area contributed by atoms with Gasteiger partial charge in [-0.1, -0.05) is 12.1 Å². The van der Waals surface area contributed by atoms with Crippen LogP contribution in [-0.2, 0) is 17.1 Å². The molecule has 5 nitrogen and oxygen atoms in total. The van der Waals surface area contributed by atoms with Crippen LogP contribution >= 0.6 is 0 Å². The first-order chi connectivity index (χ1) is 13.9. The molecule has 1 N–H and O–H groups in total. The second-order valence-corrected chi connectivity index (χ2v) is 6.40. The third kappa shape index (κ3) is 4.19. The van der Waals surface area contributed by atoms with Crippen molar-refractivity contribution in [3.8, 4) is 5.75 Å². The number of halogens is 6. The Morgan fingerprint density at radius 3 is 2.10 bits per heavy atom. The van der Waals surface area contributed by atoms with Gasteiger partial charge in [-0.3, -0.25) is 9.59 Å². The smallest absolute Gasteiger partial charge is 0.416 e. The van der Waals surface area contributed by atoms with Gasteiger partial charge in [-0.25, -0.2) is 0 Å². The molecule has 160 valence electrons. The number of likely N-dealkylation sites (N-methyl/N-ethyl adjacent to an activating group) is 1. The molecule has 3 rings (SSSR count). The number of hydrogen-bond donors (Lipinski definition) is 1. The number of hydrogen-bond acceptors (Lipinski definition) is 3. The zero-order valence-corrected chi connectivity index (χ0v) is 15.3. The van der Waals surface area contributed by atoms with Crippen LogP contribution in [0.25, 0.3) is 0 Å². The van der Waals surface area contributed by atoms with Crippen molar-refractivity contribution >= 4 is 17.5 Å². The van der Waals surface area contributed by atoms with Crippen LogP contribution < -0.4 is 15.0 Å². The summed E-state index contributed by atoms with van der Waals surface area (Å²) in [4.78, 5) is 25.9. The number of amides is 2. The number of ether oxygens (including phenoxy) is 1. The van der Waals surface area contributed by atoms with Crippen molar-refractivity contribution < 1.29 is 40.7 Å². The average Bonchev–Trinajstić information content (AvgIpc) is 2.70. The molecule has 0 radical (unpaired) electrons. The number of fused-ring (bicyclic) bond motifs is 1. The van der Waals surface area contributed by atoms with Gasteiger partial charge in [0.25, 0.3) is 11.8 Å². The Kier molecular flexibility index (Phi) is 5.40. The summed E-state index contributed by atoms with van der Waals surface area (Å²) >= 11 is 0. The fourth-order valence-corrected chi connectivity index (χ4v) is 2.96. The van der Waals surface area contributed by atoms with E-state index in [2.05, 4.69) is 5.32 Å². The first-order valence-corrected chi connectivity index (χ1v) is 8.50. The number of nitrogens with zero attached hydrogens (tertiary/aromatic N) is 1. The topological polar surface area (TPSA) is 58.6 Å². The van der Waals surface area contributed by atoms with Gasteiger partial charge >= 0.3 is 12.4 Å². The minimum atomic E-state index is -5.09. The molecular formula is C19H14F6N2O3. The van der Waals surface area contributed by atoms with Crippen LogP contribution in [0.15, 0.2) is 42.5 Å². The van der Waals surface area contributed by atoms with E-state index in [1.54, 1.807) is 6.07 Å². The zero-order valence-electron chi connectivity index (χ0n) is 15.3. The number of rotatable bonds is 2. The number of para-hydroxylation sites is 2. The van der Waals surface area contributed by atoms with E-state index < -0.39 is 53.5 Å². The quantitative estimate of drug-likeness (QED) is 0.733. The first kappa shape index (κ1) is 21.5. The molecule has 2 aromatic rings. The summed E-state index contributed by atoms with van der Waals surface area (Å²) in [5, 5.41) is 2.32. The maximum absolute atomic E-state index is 13.1. The van der Waals surface area contributed by atoms with E-state index in [4.69, 9.17) is 4.74 Å². The van der Waals surface area contributed by atoms with Gasteiger partial charge < -0.3 is 15.0 Å². The second kappa shape index (κ2) is 7.54. The Labute approximate surface area is 166 Å². The van der Waals surface area contributed by atoms with E-state index in [-0.39, 0.29) is 17.5 Å². The largest absolute Gasteiger partial charge is 0.477 e. The molecule has 1 aliphatic heterocycles. The molecular weight excluding hydrogens is 418 g/mol. The van der Waals surface area contributed by atoms with Crippen LogP contribution in [0.2, 0.25) is 0 Å². The normalized spacial score (nSPS) is 16.5. The average molecular weight is 432 g/mol. The lowest BCUT2D eigenvalue weighted by Crippen LogP contribution is -2.50. The predicted octanol–water partition coefficient (Wildman–Crippen LogP) is 3.88. The van der Waals surface area contributed by atoms with E-state index in [1.807, 2.05) is 0 Å². The van der Waals surface area contributed by atoms with Crippen LogP contribution in [0.5, 0.6) is 5.75 Å². The maximum Gasteiger partial charge on any atom is 0.416 e. The Morgan fingerprint density at radius 2 is 1.57 bits per heavy atom. The lowest BCUT2D eigenvalue weighted by atomic mass is 10.0. The molecule has 0 unspecified atom stereocenters. The molecule has 0 aromatic heterocycles. The Balaban J connectivity index is 2.10. The highest BCUT2D eigenvalue weighted by atomic mass is 19.4. The lowest BCUT2D eigenvalue weighted by Gasteiger charge is -2.34. The van der Waals surface area contributed by atoms with Crippen LogP contribution in [0, 0.1) is 0 Å². The van der Waals surface area contributed by atoms with Gasteiger partial charge in [-0.05, 0) is 30.3 Å². The fourth-order valence-electron chi connectivity index (χ4n) is 2.96. The third-order valence-corrected chi connectivity index (χ3v) is 4.39. The molecule has 0 aliphatic carbocycles. The van der Waals surface area contributed by atoms with E-state index in [0.717, 1.165) is 4.90 Å². The minimum absolute atomic E-state index is 0.0582. The predicted molar refractivity (Wildman–Crippen MR) is 93.0 cm³/mol. The number of carbonyl (C=O) groups excluding carboxylic acids is 2. The summed E-state index contributed by atoms with van der Waals surface area (Å²) in [6, 6.07) is 6.53. The maximum atomic E-state index is 13.1. The Bertz CT molecular complexity index is 955. The van der Waals surface area contributed by atoms with E-state index >= 15 is 0 Å². The van der Waals surface area contributed by atoms with Crippen molar-refractivity contribution in [3.05, 3.63) is 59.2 Å². The third-order valence-electron chi connectivity index (χ3n) is 4.39. The SMILES string of the molecule is CNC(=O)[C@H]1CN(C(=O)c2cc(C(F)(F)F)cc(C(F)(F)F)c2)c2ccccc2O1. The fraction of sp³-hybridized carbons (Fsp3) is 0.263. The van der Waals surface area contributed by atoms with Crippen LogP contribution in [-0.4, -0.2) is 31.5 Å². The summed E-state index contributed by atoms with van der Waals surface area (Å²) in [6.45, 7) is -0.396. The van der Waals surface area contributed by atoms with E-state index in [9.17, 15) is 35.9 Å². The summed E-state index contributed by atoms with van der Waals surface area (Å²) < 4.78 is 84.3. The highest BCUT2D eigenvalue weighted by Crippen LogP contribution is 2.38. The van der Waals surface area contributed by atoms with Crippen molar-refractivity contribution in [2.24, 2.45) is 0 Å². The van der Waals surface area contributed by atoms with Gasteiger partial charge in [0.2, 0.25) is 0 Å². The lowest BCUT2D eigenvalue weighted by molar-refractivity contribution is -0.143. The number of anilines is 1. The summed E-state index contributed by atoms with van der Waals surface area (Å²) in [5.74, 6) is -1.65. The summed E-state index contributed by atoms with van der Waals surface area (Å²) in [7, 11) is 1.32. The molecule has 0 bridgehead atoms. The van der Waals surface area contributed by atoms with Crippen LogP contribution in [0.3, 0.4) is 0 Å². The zero-order chi connectivity index (χ0) is 22.3. The molecule has 0 fully saturated rings. The van der Waals surface area contributed by atoms with E-state index in [0.29, 0.717) is 12.1 Å². The van der Waals surface area contributed by atoms with Gasteiger partial charge in [-0.15, -0.1) is 0 Å². The minimum Gasteiger partial charge on any atom is -0.477 e. The van der Waals surface area contributed by atoms with Gasteiger partial charge in [0, 0.05) is 12.6 Å². The second-order valence-electron chi connectivity index (χ2n) is 6.40. The van der Waals surface area contributed by atoms with Crippen LogP contribution in [0.1, 0.15) is 21.5 Å². The highest BCUT2D eigenvalue weighted by Gasteiger charge is 2.39. The monoisotopic (exact) mass is 432 g/mol. The Hall–Kier alpha value is -3.24. The van der Waals surface area contributed by atoms with Crippen LogP contribution in [0.4, 0.5) is 32.0 Å². The molecule has 0 saturated heterocycles. The number of carbonyl (C=O) groups is 2. The highest BCUT2D eigenvalue weighted by molar-refractivity contribution is 6.08. The molecule has 1 aliphatic rings. The first-order valence-electron chi connectivity index (χ1n) is 8.50. The molecule has 1 atom stereocenters. The molecule has 0 saturated carbocycles. The number of nitrogens with one attached hydrogen (secondary N) is 1. The van der Waals surface area contributed by atoms with Crippen molar-refractivity contribution in [2.45, 2.75) is 18.5 Å². The molecule has 30 heavy (non-hydrogen) atoms. The molecule has 2 aromatic carbocycles. The molecule has 11 heteroatoms. The van der Waals surface area contributed by atoms with Gasteiger partial charge in [0.05, 0.1) is 23.4 Å². The summed E-state index contributed by atoms with van der Waals surface area (Å²) in [5.41, 5.74) is -3.91. The number of alkyl halides is 6.